The molecule has 0 amide bonds. The standard InChI is InChI=1S/C18H24Cl2O4/c1-4-12(3)13-10-16(20)14(11-15(13)19)17(21)22-7-6-18(5-2)23-8-9-24-18/h10-12H,4-9H2,1-3H3. The van der Waals surface area contributed by atoms with Gasteiger partial charge in [-0.15, -0.1) is 0 Å². The minimum absolute atomic E-state index is 0.202. The normalized spacial score (nSPS) is 17.7. The van der Waals surface area contributed by atoms with Crippen LogP contribution in [-0.2, 0) is 14.2 Å². The van der Waals surface area contributed by atoms with Gasteiger partial charge in [-0.1, -0.05) is 44.0 Å². The summed E-state index contributed by atoms with van der Waals surface area (Å²) in [6.45, 7) is 7.47. The summed E-state index contributed by atoms with van der Waals surface area (Å²) in [6.07, 6.45) is 2.14. The molecular formula is C18H24Cl2O4. The summed E-state index contributed by atoms with van der Waals surface area (Å²) in [4.78, 5) is 12.3. The lowest BCUT2D eigenvalue weighted by atomic mass is 9.97. The van der Waals surface area contributed by atoms with Crippen molar-refractivity contribution >= 4 is 29.2 Å². The number of hydrogen-bond acceptors (Lipinski definition) is 4. The van der Waals surface area contributed by atoms with E-state index in [0.29, 0.717) is 36.1 Å². The molecule has 0 radical (unpaired) electrons. The van der Waals surface area contributed by atoms with E-state index < -0.39 is 11.8 Å². The van der Waals surface area contributed by atoms with Gasteiger partial charge >= 0.3 is 5.97 Å². The molecule has 1 unspecified atom stereocenters. The molecule has 24 heavy (non-hydrogen) atoms. The lowest BCUT2D eigenvalue weighted by Crippen LogP contribution is -2.31. The molecule has 1 heterocycles. The van der Waals surface area contributed by atoms with Crippen LogP contribution >= 0.6 is 23.2 Å². The molecule has 6 heteroatoms. The number of esters is 1. The van der Waals surface area contributed by atoms with Gasteiger partial charge in [-0.2, -0.15) is 0 Å². The zero-order chi connectivity index (χ0) is 17.7. The Morgan fingerprint density at radius 3 is 2.50 bits per heavy atom. The van der Waals surface area contributed by atoms with Gasteiger partial charge in [0, 0.05) is 11.4 Å². The molecular weight excluding hydrogens is 351 g/mol. The highest BCUT2D eigenvalue weighted by molar-refractivity contribution is 6.36. The summed E-state index contributed by atoms with van der Waals surface area (Å²) in [5, 5.41) is 0.895. The molecule has 1 aromatic carbocycles. The maximum atomic E-state index is 12.3. The zero-order valence-electron chi connectivity index (χ0n) is 14.4. The summed E-state index contributed by atoms with van der Waals surface area (Å²) in [5.74, 6) is -0.842. The third kappa shape index (κ3) is 4.42. The molecule has 1 fully saturated rings. The lowest BCUT2D eigenvalue weighted by molar-refractivity contribution is -0.169. The molecule has 1 aromatic rings. The van der Waals surface area contributed by atoms with Crippen molar-refractivity contribution in [1.29, 1.82) is 0 Å². The number of ether oxygens (including phenoxy) is 3. The van der Waals surface area contributed by atoms with Crippen molar-refractivity contribution in [2.24, 2.45) is 0 Å². The summed E-state index contributed by atoms with van der Waals surface area (Å²) in [7, 11) is 0. The van der Waals surface area contributed by atoms with Crippen molar-refractivity contribution in [2.45, 2.75) is 51.7 Å². The molecule has 0 spiro atoms. The Hall–Kier alpha value is -0.810. The molecule has 0 aromatic heterocycles. The molecule has 0 N–H and O–H groups in total. The first kappa shape index (κ1) is 19.5. The lowest BCUT2D eigenvalue weighted by Gasteiger charge is -2.25. The van der Waals surface area contributed by atoms with Gasteiger partial charge in [0.15, 0.2) is 5.79 Å². The van der Waals surface area contributed by atoms with Crippen molar-refractivity contribution in [3.63, 3.8) is 0 Å². The molecule has 1 aliphatic rings. The second-order valence-electron chi connectivity index (χ2n) is 6.01. The van der Waals surface area contributed by atoms with E-state index in [9.17, 15) is 4.79 Å². The number of hydrogen-bond donors (Lipinski definition) is 0. The highest BCUT2D eigenvalue weighted by atomic mass is 35.5. The van der Waals surface area contributed by atoms with Crippen molar-refractivity contribution in [2.75, 3.05) is 19.8 Å². The molecule has 0 bridgehead atoms. The topological polar surface area (TPSA) is 44.8 Å². The Morgan fingerprint density at radius 2 is 1.92 bits per heavy atom. The van der Waals surface area contributed by atoms with Crippen LogP contribution in [-0.4, -0.2) is 31.6 Å². The first-order valence-electron chi connectivity index (χ1n) is 8.36. The first-order chi connectivity index (χ1) is 11.4. The summed E-state index contributed by atoms with van der Waals surface area (Å²) in [5.41, 5.74) is 1.23. The summed E-state index contributed by atoms with van der Waals surface area (Å²) < 4.78 is 16.6. The smallest absolute Gasteiger partial charge is 0.339 e. The molecule has 2 rings (SSSR count). The summed E-state index contributed by atoms with van der Waals surface area (Å²) in [6, 6.07) is 3.34. The van der Waals surface area contributed by atoms with Gasteiger partial charge in [-0.25, -0.2) is 4.79 Å². The highest BCUT2D eigenvalue weighted by Gasteiger charge is 2.34. The maximum absolute atomic E-state index is 12.3. The van der Waals surface area contributed by atoms with Crippen LogP contribution in [0.1, 0.15) is 61.9 Å². The third-order valence-corrected chi connectivity index (χ3v) is 5.16. The predicted molar refractivity (Wildman–Crippen MR) is 95.0 cm³/mol. The van der Waals surface area contributed by atoms with E-state index in [-0.39, 0.29) is 18.1 Å². The fourth-order valence-corrected chi connectivity index (χ4v) is 3.31. The Labute approximate surface area is 153 Å². The van der Waals surface area contributed by atoms with Crippen LogP contribution < -0.4 is 0 Å². The van der Waals surface area contributed by atoms with Gasteiger partial charge in [-0.3, -0.25) is 0 Å². The van der Waals surface area contributed by atoms with Crippen LogP contribution in [0.25, 0.3) is 0 Å². The van der Waals surface area contributed by atoms with E-state index >= 15 is 0 Å². The van der Waals surface area contributed by atoms with Crippen LogP contribution in [0.5, 0.6) is 0 Å². The number of carbonyl (C=O) groups excluding carboxylic acids is 1. The van der Waals surface area contributed by atoms with E-state index in [0.717, 1.165) is 12.0 Å². The van der Waals surface area contributed by atoms with Crippen molar-refractivity contribution in [3.05, 3.63) is 33.3 Å². The van der Waals surface area contributed by atoms with Gasteiger partial charge in [-0.05, 0) is 36.5 Å². The average molecular weight is 375 g/mol. The van der Waals surface area contributed by atoms with E-state index in [1.165, 1.54) is 0 Å². The number of benzene rings is 1. The molecule has 0 saturated carbocycles. The van der Waals surface area contributed by atoms with Crippen LogP contribution in [0.2, 0.25) is 10.0 Å². The maximum Gasteiger partial charge on any atom is 0.339 e. The Kier molecular flexibility index (Phi) is 6.93. The second kappa shape index (κ2) is 8.52. The van der Waals surface area contributed by atoms with E-state index in [1.807, 2.05) is 6.92 Å². The number of carbonyl (C=O) groups is 1. The molecule has 4 nitrogen and oxygen atoms in total. The molecule has 1 saturated heterocycles. The minimum atomic E-state index is -0.637. The number of rotatable bonds is 7. The Morgan fingerprint density at radius 1 is 1.25 bits per heavy atom. The fraction of sp³-hybridized carbons (Fsp3) is 0.611. The number of halogens is 2. The fourth-order valence-electron chi connectivity index (χ4n) is 2.72. The van der Waals surface area contributed by atoms with Crippen molar-refractivity contribution in [1.82, 2.24) is 0 Å². The van der Waals surface area contributed by atoms with Gasteiger partial charge in [0.25, 0.3) is 0 Å². The largest absolute Gasteiger partial charge is 0.462 e. The second-order valence-corrected chi connectivity index (χ2v) is 6.82. The van der Waals surface area contributed by atoms with Gasteiger partial charge < -0.3 is 14.2 Å². The van der Waals surface area contributed by atoms with Crippen molar-refractivity contribution < 1.29 is 19.0 Å². The SMILES string of the molecule is CCC(C)c1cc(Cl)c(C(=O)OCCC2(CC)OCCO2)cc1Cl. The molecule has 0 aliphatic carbocycles. The quantitative estimate of drug-likeness (QED) is 0.614. The molecule has 1 aliphatic heterocycles. The zero-order valence-corrected chi connectivity index (χ0v) is 15.9. The molecule has 134 valence electrons. The van der Waals surface area contributed by atoms with E-state index in [2.05, 4.69) is 13.8 Å². The molecule has 1 atom stereocenters. The van der Waals surface area contributed by atoms with Crippen molar-refractivity contribution in [3.8, 4) is 0 Å². The van der Waals surface area contributed by atoms with Gasteiger partial charge in [0.05, 0.1) is 30.4 Å². The third-order valence-electron chi connectivity index (χ3n) is 4.52. The van der Waals surface area contributed by atoms with Crippen LogP contribution in [0.15, 0.2) is 12.1 Å². The average Bonchev–Trinajstić information content (AvgIpc) is 3.05. The van der Waals surface area contributed by atoms with Crippen LogP contribution in [0.4, 0.5) is 0 Å². The van der Waals surface area contributed by atoms with Gasteiger partial charge in [0.1, 0.15) is 0 Å². The van der Waals surface area contributed by atoms with Crippen LogP contribution in [0, 0.1) is 0 Å². The Balaban J connectivity index is 2.01. The highest BCUT2D eigenvalue weighted by Crippen LogP contribution is 2.32. The van der Waals surface area contributed by atoms with E-state index in [4.69, 9.17) is 37.4 Å². The van der Waals surface area contributed by atoms with Gasteiger partial charge in [0.2, 0.25) is 0 Å². The predicted octanol–water partition coefficient (Wildman–Crippen LogP) is 5.21. The first-order valence-corrected chi connectivity index (χ1v) is 9.12. The minimum Gasteiger partial charge on any atom is -0.462 e. The Bertz CT molecular complexity index is 583. The summed E-state index contributed by atoms with van der Waals surface area (Å²) >= 11 is 12.5. The monoisotopic (exact) mass is 374 g/mol. The van der Waals surface area contributed by atoms with E-state index in [1.54, 1.807) is 12.1 Å². The van der Waals surface area contributed by atoms with Crippen LogP contribution in [0.3, 0.4) is 0 Å².